The highest BCUT2D eigenvalue weighted by atomic mass is 15.6. The molecule has 0 fully saturated rings. The van der Waals surface area contributed by atoms with Gasteiger partial charge in [0.1, 0.15) is 12.0 Å². The second-order valence-electron chi connectivity index (χ2n) is 3.22. The van der Waals surface area contributed by atoms with Crippen LogP contribution in [0.25, 0.3) is 0 Å². The molecular weight excluding hydrogens is 162 g/mol. The Bertz CT molecular complexity index is 318. The van der Waals surface area contributed by atoms with Crippen LogP contribution in [-0.4, -0.2) is 17.9 Å². The van der Waals surface area contributed by atoms with Gasteiger partial charge in [-0.2, -0.15) is 5.01 Å². The van der Waals surface area contributed by atoms with Gasteiger partial charge in [0.05, 0.1) is 0 Å². The molecule has 0 amide bonds. The van der Waals surface area contributed by atoms with Gasteiger partial charge < -0.3 is 5.43 Å². The van der Waals surface area contributed by atoms with E-state index in [0.29, 0.717) is 0 Å². The summed E-state index contributed by atoms with van der Waals surface area (Å²) >= 11 is 0. The van der Waals surface area contributed by atoms with Gasteiger partial charge in [-0.25, -0.2) is 4.99 Å². The number of amidine groups is 1. The average molecular weight is 175 g/mol. The van der Waals surface area contributed by atoms with Crippen molar-refractivity contribution < 1.29 is 0 Å². The SMILES string of the molecule is CC1=NC(c2ccccc2)N(C)N1. The molecule has 3 heteroatoms. The molecule has 1 unspecified atom stereocenters. The minimum atomic E-state index is 0.126. The number of hydrogen-bond acceptors (Lipinski definition) is 3. The molecule has 3 nitrogen and oxygen atoms in total. The van der Waals surface area contributed by atoms with E-state index in [1.54, 1.807) is 0 Å². The number of hydrogen-bond donors (Lipinski definition) is 1. The standard InChI is InChI=1S/C10H13N3/c1-8-11-10(13(2)12-8)9-6-4-3-5-7-9/h3-7,10H,1-2H3,(H,11,12). The van der Waals surface area contributed by atoms with Gasteiger partial charge in [-0.1, -0.05) is 30.3 Å². The smallest absolute Gasteiger partial charge is 0.146 e. The summed E-state index contributed by atoms with van der Waals surface area (Å²) in [5, 5.41) is 2.00. The molecule has 0 aromatic heterocycles. The molecule has 1 atom stereocenters. The Kier molecular flexibility index (Phi) is 2.02. The zero-order chi connectivity index (χ0) is 9.26. The summed E-state index contributed by atoms with van der Waals surface area (Å²) in [6.45, 7) is 1.97. The van der Waals surface area contributed by atoms with Gasteiger partial charge >= 0.3 is 0 Å². The van der Waals surface area contributed by atoms with E-state index in [0.717, 1.165) is 5.84 Å². The Morgan fingerprint density at radius 3 is 2.54 bits per heavy atom. The van der Waals surface area contributed by atoms with Crippen LogP contribution in [0.3, 0.4) is 0 Å². The molecular formula is C10H13N3. The Balaban J connectivity index is 2.27. The van der Waals surface area contributed by atoms with Crippen LogP contribution in [-0.2, 0) is 0 Å². The van der Waals surface area contributed by atoms with Crippen molar-refractivity contribution in [3.8, 4) is 0 Å². The van der Waals surface area contributed by atoms with Crippen molar-refractivity contribution in [1.82, 2.24) is 10.4 Å². The fraction of sp³-hybridized carbons (Fsp3) is 0.300. The average Bonchev–Trinajstić information content (AvgIpc) is 2.47. The Labute approximate surface area is 78.1 Å². The van der Waals surface area contributed by atoms with E-state index >= 15 is 0 Å². The highest BCUT2D eigenvalue weighted by Gasteiger charge is 2.21. The van der Waals surface area contributed by atoms with Crippen LogP contribution in [0, 0.1) is 0 Å². The van der Waals surface area contributed by atoms with E-state index in [1.807, 2.05) is 37.2 Å². The molecule has 1 aromatic rings. The van der Waals surface area contributed by atoms with Crippen LogP contribution in [0.5, 0.6) is 0 Å². The van der Waals surface area contributed by atoms with Crippen molar-refractivity contribution >= 4 is 5.84 Å². The Morgan fingerprint density at radius 1 is 1.31 bits per heavy atom. The molecule has 68 valence electrons. The van der Waals surface area contributed by atoms with Gasteiger partial charge in [0, 0.05) is 7.05 Å². The lowest BCUT2D eigenvalue weighted by molar-refractivity contribution is 0.242. The molecule has 0 spiro atoms. The van der Waals surface area contributed by atoms with E-state index in [1.165, 1.54) is 5.56 Å². The number of hydrazine groups is 1. The van der Waals surface area contributed by atoms with Crippen molar-refractivity contribution in [2.45, 2.75) is 13.1 Å². The number of nitrogens with zero attached hydrogens (tertiary/aromatic N) is 2. The maximum atomic E-state index is 4.47. The largest absolute Gasteiger partial charge is 0.305 e. The monoisotopic (exact) mass is 175 g/mol. The number of benzene rings is 1. The Morgan fingerprint density at radius 2 is 2.00 bits per heavy atom. The maximum Gasteiger partial charge on any atom is 0.146 e. The highest BCUT2D eigenvalue weighted by molar-refractivity contribution is 5.80. The van der Waals surface area contributed by atoms with Crippen molar-refractivity contribution in [1.29, 1.82) is 0 Å². The topological polar surface area (TPSA) is 27.6 Å². The second kappa shape index (κ2) is 3.18. The van der Waals surface area contributed by atoms with Gasteiger partial charge in [-0.15, -0.1) is 0 Å². The first kappa shape index (κ1) is 8.26. The first-order chi connectivity index (χ1) is 6.27. The van der Waals surface area contributed by atoms with Crippen LogP contribution in [0.15, 0.2) is 35.3 Å². The van der Waals surface area contributed by atoms with Crippen LogP contribution in [0.1, 0.15) is 18.7 Å². The fourth-order valence-corrected chi connectivity index (χ4v) is 1.54. The van der Waals surface area contributed by atoms with Gasteiger partial charge in [-0.3, -0.25) is 0 Å². The van der Waals surface area contributed by atoms with E-state index in [4.69, 9.17) is 0 Å². The van der Waals surface area contributed by atoms with Crippen molar-refractivity contribution in [3.05, 3.63) is 35.9 Å². The molecule has 1 aliphatic rings. The van der Waals surface area contributed by atoms with Crippen molar-refractivity contribution in [3.63, 3.8) is 0 Å². The minimum Gasteiger partial charge on any atom is -0.305 e. The summed E-state index contributed by atoms with van der Waals surface area (Å²) in [5.41, 5.74) is 4.37. The first-order valence-corrected chi connectivity index (χ1v) is 4.36. The lowest BCUT2D eigenvalue weighted by Gasteiger charge is -2.17. The van der Waals surface area contributed by atoms with Crippen molar-refractivity contribution in [2.75, 3.05) is 7.05 Å². The summed E-state index contributed by atoms with van der Waals surface area (Å²) in [4.78, 5) is 4.47. The lowest BCUT2D eigenvalue weighted by atomic mass is 10.2. The second-order valence-corrected chi connectivity index (χ2v) is 3.22. The summed E-state index contributed by atoms with van der Waals surface area (Å²) in [5.74, 6) is 0.969. The van der Waals surface area contributed by atoms with Crippen LogP contribution in [0.2, 0.25) is 0 Å². The van der Waals surface area contributed by atoms with Crippen LogP contribution in [0.4, 0.5) is 0 Å². The molecule has 1 aliphatic heterocycles. The highest BCUT2D eigenvalue weighted by Crippen LogP contribution is 2.22. The Hall–Kier alpha value is -1.35. The van der Waals surface area contributed by atoms with E-state index < -0.39 is 0 Å². The molecule has 0 saturated heterocycles. The first-order valence-electron chi connectivity index (χ1n) is 4.36. The van der Waals surface area contributed by atoms with Gasteiger partial charge in [-0.05, 0) is 12.5 Å². The molecule has 1 aromatic carbocycles. The third-order valence-corrected chi connectivity index (χ3v) is 2.12. The number of nitrogens with one attached hydrogen (secondary N) is 1. The lowest BCUT2D eigenvalue weighted by Crippen LogP contribution is -2.32. The molecule has 0 aliphatic carbocycles. The summed E-state index contributed by atoms with van der Waals surface area (Å²) in [6.07, 6.45) is 0.126. The van der Waals surface area contributed by atoms with Crippen LogP contribution < -0.4 is 5.43 Å². The summed E-state index contributed by atoms with van der Waals surface area (Å²) in [7, 11) is 2.00. The molecule has 1 N–H and O–H groups in total. The predicted octanol–water partition coefficient (Wildman–Crippen LogP) is 1.55. The quantitative estimate of drug-likeness (QED) is 0.701. The minimum absolute atomic E-state index is 0.126. The molecule has 0 bridgehead atoms. The summed E-state index contributed by atoms with van der Waals surface area (Å²) in [6, 6.07) is 10.3. The van der Waals surface area contributed by atoms with E-state index in [2.05, 4.69) is 22.6 Å². The number of rotatable bonds is 1. The van der Waals surface area contributed by atoms with Crippen LogP contribution >= 0.6 is 0 Å². The van der Waals surface area contributed by atoms with Crippen molar-refractivity contribution in [2.24, 2.45) is 4.99 Å². The maximum absolute atomic E-state index is 4.47. The number of aliphatic imine (C=N–C) groups is 1. The molecule has 0 radical (unpaired) electrons. The normalized spacial score (nSPS) is 22.6. The molecule has 0 saturated carbocycles. The zero-order valence-electron chi connectivity index (χ0n) is 7.86. The third kappa shape index (κ3) is 1.55. The molecule has 13 heavy (non-hydrogen) atoms. The zero-order valence-corrected chi connectivity index (χ0v) is 7.86. The predicted molar refractivity (Wildman–Crippen MR) is 53.2 cm³/mol. The summed E-state index contributed by atoms with van der Waals surface area (Å²) < 4.78 is 0. The molecule has 2 rings (SSSR count). The van der Waals surface area contributed by atoms with Gasteiger partial charge in [0.15, 0.2) is 0 Å². The van der Waals surface area contributed by atoms with E-state index in [-0.39, 0.29) is 6.17 Å². The fourth-order valence-electron chi connectivity index (χ4n) is 1.54. The van der Waals surface area contributed by atoms with Gasteiger partial charge in [0.2, 0.25) is 0 Å². The molecule has 1 heterocycles. The van der Waals surface area contributed by atoms with E-state index in [9.17, 15) is 0 Å². The third-order valence-electron chi connectivity index (χ3n) is 2.12. The van der Waals surface area contributed by atoms with Gasteiger partial charge in [0.25, 0.3) is 0 Å².